The van der Waals surface area contributed by atoms with E-state index in [0.29, 0.717) is 5.75 Å². The van der Waals surface area contributed by atoms with Crippen LogP contribution in [0.4, 0.5) is 0 Å². The van der Waals surface area contributed by atoms with Gasteiger partial charge in [0.1, 0.15) is 5.75 Å². The number of hydrogen-bond acceptors (Lipinski definition) is 2. The van der Waals surface area contributed by atoms with E-state index in [1.807, 2.05) is 48.5 Å². The van der Waals surface area contributed by atoms with Crippen molar-refractivity contribution in [3.05, 3.63) is 54.6 Å². The summed E-state index contributed by atoms with van der Waals surface area (Å²) in [6, 6.07) is 17.2. The quantitative estimate of drug-likeness (QED) is 0.809. The largest absolute Gasteiger partial charge is 0.507 e. The number of para-hydroxylation sites is 1. The summed E-state index contributed by atoms with van der Waals surface area (Å²) in [5, 5.41) is 9.56. The van der Waals surface area contributed by atoms with Crippen LogP contribution in [0.2, 0.25) is 0 Å². The first kappa shape index (κ1) is 11.7. The predicted molar refractivity (Wildman–Crippen MR) is 69.0 cm³/mol. The molecule has 0 radical (unpaired) electrons. The molecule has 88 valence electrons. The molecule has 0 atom stereocenters. The third-order valence-corrected chi connectivity index (χ3v) is 2.57. The van der Waals surface area contributed by atoms with Crippen LogP contribution in [0.25, 0.3) is 11.1 Å². The first-order valence-electron chi connectivity index (χ1n) is 5.79. The predicted octanol–water partition coefficient (Wildman–Crippen LogP) is 3.47. The fourth-order valence-corrected chi connectivity index (χ4v) is 1.48. The van der Waals surface area contributed by atoms with Crippen LogP contribution in [0.15, 0.2) is 54.6 Å². The highest BCUT2D eigenvalue weighted by Crippen LogP contribution is 2.27. The van der Waals surface area contributed by atoms with Crippen molar-refractivity contribution in [3.63, 3.8) is 0 Å². The number of hydrogen-bond donors (Lipinski definition) is 1. The summed E-state index contributed by atoms with van der Waals surface area (Å²) < 4.78 is 4.72. The molecule has 1 fully saturated rings. The van der Waals surface area contributed by atoms with Gasteiger partial charge in [0.25, 0.3) is 0 Å². The Labute approximate surface area is 101 Å². The number of ether oxygens (including phenoxy) is 1. The van der Waals surface area contributed by atoms with Crippen LogP contribution in [0.5, 0.6) is 5.75 Å². The van der Waals surface area contributed by atoms with Gasteiger partial charge in [-0.2, -0.15) is 0 Å². The molecule has 1 aliphatic rings. The molecule has 0 saturated carbocycles. The van der Waals surface area contributed by atoms with Crippen molar-refractivity contribution in [1.29, 1.82) is 0 Å². The zero-order valence-corrected chi connectivity index (χ0v) is 9.67. The average molecular weight is 228 g/mol. The second-order valence-electron chi connectivity index (χ2n) is 3.85. The van der Waals surface area contributed by atoms with Crippen LogP contribution >= 0.6 is 0 Å². The van der Waals surface area contributed by atoms with E-state index in [-0.39, 0.29) is 0 Å². The van der Waals surface area contributed by atoms with Crippen LogP contribution in [-0.2, 0) is 4.74 Å². The Hall–Kier alpha value is -1.80. The van der Waals surface area contributed by atoms with Gasteiger partial charge in [0.05, 0.1) is 0 Å². The summed E-state index contributed by atoms with van der Waals surface area (Å²) in [6.45, 7) is 2.00. The third-order valence-electron chi connectivity index (χ3n) is 2.57. The number of rotatable bonds is 1. The maximum Gasteiger partial charge on any atom is 0.123 e. The number of phenolic OH excluding ortho intramolecular Hbond substituents is 1. The molecule has 0 unspecified atom stereocenters. The fourth-order valence-electron chi connectivity index (χ4n) is 1.48. The first-order chi connectivity index (χ1) is 8.38. The molecule has 0 aliphatic carbocycles. The van der Waals surface area contributed by atoms with Gasteiger partial charge in [-0.25, -0.2) is 0 Å². The van der Waals surface area contributed by atoms with E-state index in [1.165, 1.54) is 6.42 Å². The highest BCUT2D eigenvalue weighted by Gasteiger charge is 2.00. The molecule has 2 nitrogen and oxygen atoms in total. The van der Waals surface area contributed by atoms with Crippen LogP contribution < -0.4 is 0 Å². The lowest BCUT2D eigenvalue weighted by atomic mass is 10.1. The lowest BCUT2D eigenvalue weighted by molar-refractivity contribution is 0.0367. The molecule has 2 heteroatoms. The highest BCUT2D eigenvalue weighted by molar-refractivity contribution is 5.69. The Kier molecular flexibility index (Phi) is 4.17. The first-order valence-corrected chi connectivity index (χ1v) is 5.79. The van der Waals surface area contributed by atoms with Gasteiger partial charge in [-0.05, 0) is 18.1 Å². The van der Waals surface area contributed by atoms with Gasteiger partial charge >= 0.3 is 0 Å². The molecular weight excluding hydrogens is 212 g/mol. The minimum atomic E-state index is 0.328. The molecule has 0 bridgehead atoms. The Morgan fingerprint density at radius 1 is 0.824 bits per heavy atom. The molecule has 0 aromatic heterocycles. The van der Waals surface area contributed by atoms with Gasteiger partial charge in [0, 0.05) is 18.8 Å². The van der Waals surface area contributed by atoms with Gasteiger partial charge < -0.3 is 9.84 Å². The molecule has 1 heterocycles. The molecule has 2 aromatic carbocycles. The van der Waals surface area contributed by atoms with Crippen molar-refractivity contribution in [2.75, 3.05) is 13.2 Å². The Morgan fingerprint density at radius 3 is 1.88 bits per heavy atom. The molecule has 2 aromatic rings. The van der Waals surface area contributed by atoms with Crippen molar-refractivity contribution >= 4 is 0 Å². The van der Waals surface area contributed by atoms with Crippen molar-refractivity contribution in [1.82, 2.24) is 0 Å². The molecule has 0 spiro atoms. The summed E-state index contributed by atoms with van der Waals surface area (Å²) in [5.74, 6) is 0.328. The summed E-state index contributed by atoms with van der Waals surface area (Å²) in [6.07, 6.45) is 1.28. The van der Waals surface area contributed by atoms with Crippen molar-refractivity contribution in [2.24, 2.45) is 0 Å². The maximum atomic E-state index is 9.56. The van der Waals surface area contributed by atoms with Crippen LogP contribution in [0.1, 0.15) is 6.42 Å². The van der Waals surface area contributed by atoms with Gasteiger partial charge in [-0.15, -0.1) is 0 Å². The summed E-state index contributed by atoms with van der Waals surface area (Å²) in [4.78, 5) is 0. The normalized spacial score (nSPS) is 13.2. The lowest BCUT2D eigenvalue weighted by Crippen LogP contribution is -2.09. The van der Waals surface area contributed by atoms with Gasteiger partial charge in [-0.3, -0.25) is 0 Å². The highest BCUT2D eigenvalue weighted by atomic mass is 16.5. The van der Waals surface area contributed by atoms with E-state index < -0.39 is 0 Å². The molecule has 1 saturated heterocycles. The van der Waals surface area contributed by atoms with Gasteiger partial charge in [0.2, 0.25) is 0 Å². The summed E-state index contributed by atoms with van der Waals surface area (Å²) in [5.41, 5.74) is 1.92. The second-order valence-corrected chi connectivity index (χ2v) is 3.85. The van der Waals surface area contributed by atoms with E-state index >= 15 is 0 Å². The Morgan fingerprint density at radius 2 is 1.35 bits per heavy atom. The Bertz CT molecular complexity index is 443. The number of benzene rings is 2. The maximum absolute atomic E-state index is 9.56. The minimum absolute atomic E-state index is 0.328. The average Bonchev–Trinajstić information content (AvgIpc) is 2.29. The number of aromatic hydroxyl groups is 1. The molecule has 3 rings (SSSR count). The van der Waals surface area contributed by atoms with E-state index in [9.17, 15) is 5.11 Å². The monoisotopic (exact) mass is 228 g/mol. The van der Waals surface area contributed by atoms with E-state index in [4.69, 9.17) is 4.74 Å². The zero-order valence-electron chi connectivity index (χ0n) is 9.67. The Balaban J connectivity index is 0.000000228. The van der Waals surface area contributed by atoms with Crippen molar-refractivity contribution in [2.45, 2.75) is 6.42 Å². The number of phenols is 1. The zero-order chi connectivity index (χ0) is 11.9. The van der Waals surface area contributed by atoms with Gasteiger partial charge in [0.15, 0.2) is 0 Å². The summed E-state index contributed by atoms with van der Waals surface area (Å²) in [7, 11) is 0. The van der Waals surface area contributed by atoms with Crippen LogP contribution in [0, 0.1) is 0 Å². The molecular formula is C15H16O2. The van der Waals surface area contributed by atoms with E-state index in [1.54, 1.807) is 6.07 Å². The fraction of sp³-hybridized carbons (Fsp3) is 0.200. The second kappa shape index (κ2) is 6.06. The van der Waals surface area contributed by atoms with Crippen molar-refractivity contribution in [3.8, 4) is 16.9 Å². The van der Waals surface area contributed by atoms with Crippen LogP contribution in [0.3, 0.4) is 0 Å². The van der Waals surface area contributed by atoms with E-state index in [2.05, 4.69) is 0 Å². The smallest absolute Gasteiger partial charge is 0.123 e. The minimum Gasteiger partial charge on any atom is -0.507 e. The van der Waals surface area contributed by atoms with Crippen LogP contribution in [-0.4, -0.2) is 18.3 Å². The standard InChI is InChI=1S/C12H10O.C3H6O/c13-12-9-5-4-8-11(12)10-6-2-1-3-7-10;1-2-4-3-1/h1-9,13H;1-3H2. The summed E-state index contributed by atoms with van der Waals surface area (Å²) >= 11 is 0. The molecule has 1 N–H and O–H groups in total. The SMILES string of the molecule is C1COC1.Oc1ccccc1-c1ccccc1. The van der Waals surface area contributed by atoms with E-state index in [0.717, 1.165) is 24.3 Å². The third kappa shape index (κ3) is 3.33. The lowest BCUT2D eigenvalue weighted by Gasteiger charge is -2.09. The molecule has 17 heavy (non-hydrogen) atoms. The topological polar surface area (TPSA) is 29.5 Å². The molecule has 1 aliphatic heterocycles. The molecule has 0 amide bonds. The van der Waals surface area contributed by atoms with Crippen molar-refractivity contribution < 1.29 is 9.84 Å². The van der Waals surface area contributed by atoms with Gasteiger partial charge in [-0.1, -0.05) is 48.5 Å².